The number of imide groups is 1. The molecule has 4 atom stereocenters. The number of hydrogen-bond donors (Lipinski definition) is 0. The van der Waals surface area contributed by atoms with Gasteiger partial charge < -0.3 is 4.74 Å². The molecule has 224 valence electrons. The Hall–Kier alpha value is -5.55. The Labute approximate surface area is 267 Å². The second kappa shape index (κ2) is 10.5. The number of nitrogens with zero attached hydrogens (tertiary/aromatic N) is 1. The van der Waals surface area contributed by atoms with Gasteiger partial charge in [-0.05, 0) is 52.5 Å². The summed E-state index contributed by atoms with van der Waals surface area (Å²) in [6.45, 7) is 2.24. The maximum Gasteiger partial charge on any atom is 0.239 e. The molecule has 46 heavy (non-hydrogen) atoms. The van der Waals surface area contributed by atoms with Crippen molar-refractivity contribution < 1.29 is 19.1 Å². The lowest BCUT2D eigenvalue weighted by molar-refractivity contribution is -0.130. The number of carbonyl (C=O) groups is 3. The predicted octanol–water partition coefficient (Wildman–Crippen LogP) is 7.27. The van der Waals surface area contributed by atoms with E-state index in [1.807, 2.05) is 134 Å². The van der Waals surface area contributed by atoms with Crippen LogP contribution in [0.25, 0.3) is 11.1 Å². The van der Waals surface area contributed by atoms with Gasteiger partial charge in [-0.15, -0.1) is 0 Å². The van der Waals surface area contributed by atoms with Gasteiger partial charge in [0.2, 0.25) is 11.8 Å². The van der Waals surface area contributed by atoms with Crippen LogP contribution >= 0.6 is 0 Å². The molecule has 5 heteroatoms. The topological polar surface area (TPSA) is 63.7 Å². The number of benzene rings is 5. The Balaban J connectivity index is 1.54. The molecule has 2 amide bonds. The molecule has 0 spiro atoms. The second-order valence-corrected chi connectivity index (χ2v) is 12.0. The van der Waals surface area contributed by atoms with Crippen molar-refractivity contribution in [3.63, 3.8) is 0 Å². The number of ketones is 1. The number of amides is 2. The van der Waals surface area contributed by atoms with Crippen molar-refractivity contribution >= 4 is 34.4 Å². The summed E-state index contributed by atoms with van der Waals surface area (Å²) >= 11 is 0. The molecule has 1 heterocycles. The zero-order valence-corrected chi connectivity index (χ0v) is 25.3. The Morgan fingerprint density at radius 2 is 0.935 bits per heavy atom. The lowest BCUT2D eigenvalue weighted by Gasteiger charge is -2.39. The molecule has 0 unspecified atom stereocenters. The van der Waals surface area contributed by atoms with Gasteiger partial charge in [0.25, 0.3) is 0 Å². The normalized spacial score (nSPS) is 24.9. The highest BCUT2D eigenvalue weighted by atomic mass is 16.5. The average molecular weight is 602 g/mol. The third-order valence-corrected chi connectivity index (χ3v) is 9.98. The van der Waals surface area contributed by atoms with Crippen LogP contribution in [-0.2, 0) is 25.2 Å². The number of anilines is 1. The molecule has 1 aliphatic heterocycles. The van der Waals surface area contributed by atoms with Gasteiger partial charge >= 0.3 is 0 Å². The molecule has 8 rings (SSSR count). The van der Waals surface area contributed by atoms with Crippen LogP contribution in [-0.4, -0.2) is 24.2 Å². The van der Waals surface area contributed by atoms with Crippen LogP contribution in [0.5, 0.6) is 5.75 Å². The van der Waals surface area contributed by atoms with Gasteiger partial charge in [0.1, 0.15) is 5.75 Å². The van der Waals surface area contributed by atoms with E-state index < -0.39 is 34.5 Å². The molecule has 5 aromatic rings. The molecule has 1 saturated carbocycles. The molecule has 1 saturated heterocycles. The van der Waals surface area contributed by atoms with E-state index in [1.54, 1.807) is 18.2 Å². The van der Waals surface area contributed by atoms with Crippen LogP contribution < -0.4 is 9.64 Å². The van der Waals surface area contributed by atoms with Crippen molar-refractivity contribution in [3.05, 3.63) is 168 Å². The minimum atomic E-state index is -1.43. The zero-order valence-electron chi connectivity index (χ0n) is 25.3. The number of carbonyl (C=O) groups excluding carboxylic acids is 3. The first-order valence-corrected chi connectivity index (χ1v) is 15.7. The van der Waals surface area contributed by atoms with Crippen LogP contribution in [0, 0.1) is 11.8 Å². The summed E-state index contributed by atoms with van der Waals surface area (Å²) in [5.41, 5.74) is 2.20. The minimum Gasteiger partial charge on any atom is -0.492 e. The molecule has 2 aliphatic carbocycles. The first-order valence-electron chi connectivity index (χ1n) is 15.7. The number of para-hydroxylation sites is 2. The van der Waals surface area contributed by atoms with E-state index in [0.717, 1.165) is 22.3 Å². The number of rotatable bonds is 7. The van der Waals surface area contributed by atoms with E-state index in [0.29, 0.717) is 29.2 Å². The SMILES string of the molecule is CCOc1ccccc1N1C(=O)[C@@H]2[C@H](C1=O)[C@@]1(c3ccccc3)C(=O)[C@@]2(c2ccccc2)C(c2ccccc2)=C1c1ccccc1. The highest BCUT2D eigenvalue weighted by Crippen LogP contribution is 2.74. The van der Waals surface area contributed by atoms with Crippen molar-refractivity contribution in [2.75, 3.05) is 11.5 Å². The van der Waals surface area contributed by atoms with E-state index in [1.165, 1.54) is 4.90 Å². The lowest BCUT2D eigenvalue weighted by atomic mass is 9.59. The molecule has 0 aromatic heterocycles. The summed E-state index contributed by atoms with van der Waals surface area (Å²) in [5, 5.41) is 0. The summed E-state index contributed by atoms with van der Waals surface area (Å²) in [4.78, 5) is 47.5. The van der Waals surface area contributed by atoms with E-state index in [-0.39, 0.29) is 5.78 Å². The van der Waals surface area contributed by atoms with Gasteiger partial charge in [-0.25, -0.2) is 4.90 Å². The quantitative estimate of drug-likeness (QED) is 0.184. The van der Waals surface area contributed by atoms with Gasteiger partial charge in [0.15, 0.2) is 5.78 Å². The molecular formula is C41H31NO4. The Bertz CT molecular complexity index is 1900. The van der Waals surface area contributed by atoms with E-state index in [9.17, 15) is 0 Å². The van der Waals surface area contributed by atoms with E-state index >= 15 is 14.4 Å². The zero-order chi connectivity index (χ0) is 31.5. The number of fused-ring (bicyclic) bond motifs is 5. The van der Waals surface area contributed by atoms with Crippen LogP contribution in [0.15, 0.2) is 146 Å². The van der Waals surface area contributed by atoms with Crippen molar-refractivity contribution in [1.82, 2.24) is 0 Å². The summed E-state index contributed by atoms with van der Waals surface area (Å²) in [5.74, 6) is -2.42. The van der Waals surface area contributed by atoms with Gasteiger partial charge in [-0.1, -0.05) is 133 Å². The summed E-state index contributed by atoms with van der Waals surface area (Å²) in [7, 11) is 0. The van der Waals surface area contributed by atoms with Crippen molar-refractivity contribution in [3.8, 4) is 5.75 Å². The standard InChI is InChI=1S/C41H31NO4/c1-2-46-32-26-16-15-25-31(32)42-37(43)35-36(38(42)44)41(30-23-13-6-14-24-30)34(28-19-9-4-10-20-28)33(27-17-7-3-8-18-27)40(35,39(41)45)29-21-11-5-12-22-29/h3-26,35-36H,2H2,1H3/t35-,36+,40-,41-/m0/s1. The predicted molar refractivity (Wildman–Crippen MR) is 178 cm³/mol. The fourth-order valence-electron chi connectivity index (χ4n) is 8.49. The first kappa shape index (κ1) is 28.0. The fraction of sp³-hybridized carbons (Fsp3) is 0.146. The van der Waals surface area contributed by atoms with E-state index in [4.69, 9.17) is 4.74 Å². The number of ether oxygens (including phenoxy) is 1. The molecule has 3 aliphatic rings. The largest absolute Gasteiger partial charge is 0.492 e. The van der Waals surface area contributed by atoms with Crippen LogP contribution in [0.3, 0.4) is 0 Å². The molecule has 0 radical (unpaired) electrons. The maximum absolute atomic E-state index is 15.9. The van der Waals surface area contributed by atoms with Gasteiger partial charge in [-0.2, -0.15) is 0 Å². The van der Waals surface area contributed by atoms with Crippen molar-refractivity contribution in [1.29, 1.82) is 0 Å². The summed E-state index contributed by atoms with van der Waals surface area (Å²) in [6, 6.07) is 46.1. The molecule has 5 nitrogen and oxygen atoms in total. The Kier molecular flexibility index (Phi) is 6.40. The fourth-order valence-corrected chi connectivity index (χ4v) is 8.49. The number of allylic oxidation sites excluding steroid dienone is 2. The van der Waals surface area contributed by atoms with Crippen molar-refractivity contribution in [2.45, 2.75) is 17.8 Å². The molecular weight excluding hydrogens is 570 g/mol. The lowest BCUT2D eigenvalue weighted by Crippen LogP contribution is -2.45. The third-order valence-electron chi connectivity index (χ3n) is 9.98. The molecule has 5 aromatic carbocycles. The van der Waals surface area contributed by atoms with E-state index in [2.05, 4.69) is 0 Å². The highest BCUT2D eigenvalue weighted by Gasteiger charge is 2.82. The van der Waals surface area contributed by atoms with Gasteiger partial charge in [-0.3, -0.25) is 14.4 Å². The van der Waals surface area contributed by atoms with Gasteiger partial charge in [0.05, 0.1) is 35.0 Å². The monoisotopic (exact) mass is 601 g/mol. The first-order chi connectivity index (χ1) is 22.6. The Morgan fingerprint density at radius 3 is 1.37 bits per heavy atom. The minimum absolute atomic E-state index is 0.135. The third kappa shape index (κ3) is 3.48. The number of Topliss-reactive ketones (excluding diaryl/α,β-unsaturated/α-hetero) is 1. The van der Waals surface area contributed by atoms with Crippen LogP contribution in [0.1, 0.15) is 29.2 Å². The van der Waals surface area contributed by atoms with Crippen LogP contribution in [0.4, 0.5) is 5.69 Å². The average Bonchev–Trinajstić information content (AvgIpc) is 3.62. The molecule has 0 N–H and O–H groups in total. The second-order valence-electron chi connectivity index (χ2n) is 12.0. The van der Waals surface area contributed by atoms with Gasteiger partial charge in [0, 0.05) is 0 Å². The maximum atomic E-state index is 15.9. The van der Waals surface area contributed by atoms with Crippen molar-refractivity contribution in [2.24, 2.45) is 11.8 Å². The Morgan fingerprint density at radius 1 is 0.543 bits per heavy atom. The smallest absolute Gasteiger partial charge is 0.239 e. The summed E-state index contributed by atoms with van der Waals surface area (Å²) in [6.07, 6.45) is 0. The highest BCUT2D eigenvalue weighted by molar-refractivity contribution is 6.39. The van der Waals surface area contributed by atoms with Crippen LogP contribution in [0.2, 0.25) is 0 Å². The molecule has 2 bridgehead atoms. The summed E-state index contributed by atoms with van der Waals surface area (Å²) < 4.78 is 5.94. The molecule has 2 fully saturated rings. The number of hydrogen-bond acceptors (Lipinski definition) is 4.